The molecule has 0 unspecified atom stereocenters. The molecule has 1 fully saturated rings. The van der Waals surface area contributed by atoms with Crippen molar-refractivity contribution in [2.24, 2.45) is 0 Å². The van der Waals surface area contributed by atoms with Crippen molar-refractivity contribution in [3.63, 3.8) is 0 Å². The third kappa shape index (κ3) is 3.37. The van der Waals surface area contributed by atoms with E-state index in [9.17, 15) is 8.42 Å². The van der Waals surface area contributed by atoms with Crippen molar-refractivity contribution < 1.29 is 13.2 Å². The molecule has 5 nitrogen and oxygen atoms in total. The highest BCUT2D eigenvalue weighted by Crippen LogP contribution is 2.32. The second-order valence-electron chi connectivity index (χ2n) is 5.71. The number of ether oxygens (including phenoxy) is 1. The maximum atomic E-state index is 12.7. The number of pyridine rings is 1. The van der Waals surface area contributed by atoms with Gasteiger partial charge < -0.3 is 4.74 Å². The summed E-state index contributed by atoms with van der Waals surface area (Å²) < 4.78 is 32.4. The van der Waals surface area contributed by atoms with Crippen molar-refractivity contribution in [1.29, 1.82) is 0 Å². The van der Waals surface area contributed by atoms with Crippen LogP contribution in [0.15, 0.2) is 35.2 Å². The highest BCUT2D eigenvalue weighted by Gasteiger charge is 2.39. The molecule has 0 bridgehead atoms. The van der Waals surface area contributed by atoms with E-state index in [-0.39, 0.29) is 29.1 Å². The number of benzene rings is 1. The van der Waals surface area contributed by atoms with Crippen molar-refractivity contribution in [2.45, 2.75) is 24.8 Å². The molecule has 0 N–H and O–H groups in total. The molecule has 1 aliphatic rings. The topological polar surface area (TPSA) is 59.5 Å². The third-order valence-corrected chi connectivity index (χ3v) is 6.50. The zero-order chi connectivity index (χ0) is 17.5. The summed E-state index contributed by atoms with van der Waals surface area (Å²) in [6.45, 7) is 4.13. The van der Waals surface area contributed by atoms with Crippen molar-refractivity contribution in [1.82, 2.24) is 9.29 Å². The summed E-state index contributed by atoms with van der Waals surface area (Å²) >= 11 is 12.0. The van der Waals surface area contributed by atoms with E-state index in [1.807, 2.05) is 19.1 Å². The van der Waals surface area contributed by atoms with E-state index in [1.54, 1.807) is 13.0 Å². The summed E-state index contributed by atoms with van der Waals surface area (Å²) in [5.74, 6) is 0.498. The molecule has 3 rings (SSSR count). The summed E-state index contributed by atoms with van der Waals surface area (Å²) in [4.78, 5) is 4.32. The number of aryl methyl sites for hydroxylation is 2. The molecule has 2 aromatic rings. The van der Waals surface area contributed by atoms with Crippen LogP contribution in [0.3, 0.4) is 0 Å². The van der Waals surface area contributed by atoms with Crippen molar-refractivity contribution in [3.8, 4) is 5.88 Å². The Morgan fingerprint density at radius 1 is 1.17 bits per heavy atom. The normalized spacial score (nSPS) is 16.0. The Kier molecular flexibility index (Phi) is 4.75. The van der Waals surface area contributed by atoms with Crippen LogP contribution < -0.4 is 4.74 Å². The van der Waals surface area contributed by atoms with Crippen molar-refractivity contribution in [3.05, 3.63) is 51.6 Å². The summed E-state index contributed by atoms with van der Waals surface area (Å²) in [7, 11) is -3.66. The molecule has 0 spiro atoms. The molecular weight excluding hydrogens is 371 g/mol. The van der Waals surface area contributed by atoms with E-state index in [4.69, 9.17) is 27.9 Å². The maximum Gasteiger partial charge on any atom is 0.244 e. The van der Waals surface area contributed by atoms with Crippen LogP contribution >= 0.6 is 23.2 Å². The van der Waals surface area contributed by atoms with E-state index in [2.05, 4.69) is 4.98 Å². The largest absolute Gasteiger partial charge is 0.472 e. The van der Waals surface area contributed by atoms with Crippen LogP contribution in [0.1, 0.15) is 11.3 Å². The second-order valence-corrected chi connectivity index (χ2v) is 8.43. The fourth-order valence-corrected chi connectivity index (χ4v) is 4.70. The average molecular weight is 387 g/mol. The molecule has 1 aliphatic heterocycles. The van der Waals surface area contributed by atoms with Gasteiger partial charge in [-0.25, -0.2) is 13.4 Å². The zero-order valence-electron chi connectivity index (χ0n) is 13.2. The molecule has 0 aliphatic carbocycles. The lowest BCUT2D eigenvalue weighted by molar-refractivity contribution is 0.0719. The van der Waals surface area contributed by atoms with Crippen LogP contribution in [0.25, 0.3) is 0 Å². The smallest absolute Gasteiger partial charge is 0.244 e. The minimum Gasteiger partial charge on any atom is -0.472 e. The van der Waals surface area contributed by atoms with Gasteiger partial charge in [-0.05, 0) is 37.6 Å². The van der Waals surface area contributed by atoms with Gasteiger partial charge in [0.1, 0.15) is 11.0 Å². The lowest BCUT2D eigenvalue weighted by atomic mass is 10.2. The van der Waals surface area contributed by atoms with Gasteiger partial charge in [0.2, 0.25) is 15.9 Å². The molecule has 0 amide bonds. The SMILES string of the molecule is Cc1cccc(OC2CN(S(=O)(=O)c3cc(C)c(Cl)cc3Cl)C2)n1. The molecule has 1 aromatic heterocycles. The highest BCUT2D eigenvalue weighted by atomic mass is 35.5. The van der Waals surface area contributed by atoms with E-state index < -0.39 is 10.0 Å². The lowest BCUT2D eigenvalue weighted by Crippen LogP contribution is -2.56. The van der Waals surface area contributed by atoms with Crippen LogP contribution in [0, 0.1) is 13.8 Å². The lowest BCUT2D eigenvalue weighted by Gasteiger charge is -2.37. The van der Waals surface area contributed by atoms with E-state index >= 15 is 0 Å². The van der Waals surface area contributed by atoms with Crippen molar-refractivity contribution >= 4 is 33.2 Å². The predicted octanol–water partition coefficient (Wildman–Crippen LogP) is 3.46. The molecule has 0 atom stereocenters. The van der Waals surface area contributed by atoms with Gasteiger partial charge in [-0.3, -0.25) is 0 Å². The Balaban J connectivity index is 1.72. The first-order valence-corrected chi connectivity index (χ1v) is 9.53. The summed E-state index contributed by atoms with van der Waals surface area (Å²) in [5, 5.41) is 0.560. The molecule has 24 heavy (non-hydrogen) atoms. The maximum absolute atomic E-state index is 12.7. The molecule has 8 heteroatoms. The quantitative estimate of drug-likeness (QED) is 0.806. The van der Waals surface area contributed by atoms with Gasteiger partial charge in [0.15, 0.2) is 0 Å². The van der Waals surface area contributed by atoms with Gasteiger partial charge in [0.05, 0.1) is 18.1 Å². The third-order valence-electron chi connectivity index (χ3n) is 3.80. The highest BCUT2D eigenvalue weighted by molar-refractivity contribution is 7.89. The zero-order valence-corrected chi connectivity index (χ0v) is 15.5. The van der Waals surface area contributed by atoms with Gasteiger partial charge in [-0.1, -0.05) is 29.3 Å². The minimum absolute atomic E-state index is 0.0678. The Morgan fingerprint density at radius 2 is 1.88 bits per heavy atom. The standard InChI is InChI=1S/C16H16Cl2N2O3S/c1-10-6-15(14(18)7-13(10)17)24(21,22)20-8-12(9-20)23-16-5-3-4-11(2)19-16/h3-7,12H,8-9H2,1-2H3. The first-order chi connectivity index (χ1) is 11.3. The fourth-order valence-electron chi connectivity index (χ4n) is 2.39. The number of halogens is 2. The number of nitrogens with zero attached hydrogens (tertiary/aromatic N) is 2. The predicted molar refractivity (Wildman–Crippen MR) is 93.3 cm³/mol. The van der Waals surface area contributed by atoms with Gasteiger partial charge in [0, 0.05) is 16.8 Å². The number of rotatable bonds is 4. The number of hydrogen-bond donors (Lipinski definition) is 0. The van der Waals surface area contributed by atoms with Crippen LogP contribution in [0.2, 0.25) is 10.0 Å². The molecule has 0 radical (unpaired) electrons. The molecule has 128 valence electrons. The van der Waals surface area contributed by atoms with Gasteiger partial charge >= 0.3 is 0 Å². The Morgan fingerprint density at radius 3 is 2.54 bits per heavy atom. The molecule has 1 saturated heterocycles. The summed E-state index contributed by atoms with van der Waals surface area (Å²) in [6.07, 6.45) is -0.221. The van der Waals surface area contributed by atoms with E-state index in [1.165, 1.54) is 16.4 Å². The Hall–Kier alpha value is -1.34. The number of aromatic nitrogens is 1. The van der Waals surface area contributed by atoms with Crippen LogP contribution in [0.4, 0.5) is 0 Å². The average Bonchev–Trinajstić information content (AvgIpc) is 2.46. The molecule has 0 saturated carbocycles. The Labute approximate surface area is 151 Å². The first kappa shape index (κ1) is 17.5. The minimum atomic E-state index is -3.66. The number of hydrogen-bond acceptors (Lipinski definition) is 4. The first-order valence-electron chi connectivity index (χ1n) is 7.33. The Bertz CT molecular complexity index is 881. The van der Waals surface area contributed by atoms with Gasteiger partial charge in [-0.2, -0.15) is 4.31 Å². The molecule has 2 heterocycles. The molecule has 1 aromatic carbocycles. The van der Waals surface area contributed by atoms with Crippen LogP contribution in [-0.4, -0.2) is 36.9 Å². The summed E-state index contributed by atoms with van der Waals surface area (Å²) in [5.41, 5.74) is 1.51. The summed E-state index contributed by atoms with van der Waals surface area (Å²) in [6, 6.07) is 8.42. The van der Waals surface area contributed by atoms with Gasteiger partial charge in [-0.15, -0.1) is 0 Å². The van der Waals surface area contributed by atoms with Crippen LogP contribution in [0.5, 0.6) is 5.88 Å². The number of sulfonamides is 1. The van der Waals surface area contributed by atoms with E-state index in [0.717, 1.165) is 5.69 Å². The fraction of sp³-hybridized carbons (Fsp3) is 0.312. The van der Waals surface area contributed by atoms with Gasteiger partial charge in [0.25, 0.3) is 0 Å². The van der Waals surface area contributed by atoms with Crippen LogP contribution in [-0.2, 0) is 10.0 Å². The monoisotopic (exact) mass is 386 g/mol. The second kappa shape index (κ2) is 6.52. The molecular formula is C16H16Cl2N2O3S. The van der Waals surface area contributed by atoms with E-state index in [0.29, 0.717) is 16.5 Å². The van der Waals surface area contributed by atoms with Crippen molar-refractivity contribution in [2.75, 3.05) is 13.1 Å².